The number of aryl methyl sites for hydroxylation is 2. The van der Waals surface area contributed by atoms with Gasteiger partial charge >= 0.3 is 0 Å². The predicted octanol–water partition coefficient (Wildman–Crippen LogP) is 3.86. The van der Waals surface area contributed by atoms with Gasteiger partial charge in [-0.2, -0.15) is 0 Å². The second-order valence-corrected chi connectivity index (χ2v) is 5.36. The first-order valence-electron chi connectivity index (χ1n) is 7.52. The summed E-state index contributed by atoms with van der Waals surface area (Å²) in [7, 11) is 2.07. The van der Waals surface area contributed by atoms with Gasteiger partial charge in [0.15, 0.2) is 0 Å². The number of ether oxygens (including phenoxy) is 1. The van der Waals surface area contributed by atoms with Gasteiger partial charge in [0.25, 0.3) is 0 Å². The number of rotatable bonds is 4. The lowest BCUT2D eigenvalue weighted by atomic mass is 10.2. The summed E-state index contributed by atoms with van der Waals surface area (Å²) in [6.07, 6.45) is 3.33. The lowest BCUT2D eigenvalue weighted by Crippen LogP contribution is -2.15. The van der Waals surface area contributed by atoms with Gasteiger partial charge in [-0.05, 0) is 57.4 Å². The van der Waals surface area contributed by atoms with E-state index in [0.29, 0.717) is 6.61 Å². The summed E-state index contributed by atoms with van der Waals surface area (Å²) in [6, 6.07) is 8.15. The van der Waals surface area contributed by atoms with Gasteiger partial charge < -0.3 is 9.64 Å². The molecule has 1 aromatic carbocycles. The van der Waals surface area contributed by atoms with E-state index in [1.54, 1.807) is 0 Å². The smallest absolute Gasteiger partial charge is 0.139 e. The predicted molar refractivity (Wildman–Crippen MR) is 91.7 cm³/mol. The molecule has 2 aromatic rings. The van der Waals surface area contributed by atoms with Crippen LogP contribution in [0.1, 0.15) is 30.4 Å². The van der Waals surface area contributed by atoms with E-state index < -0.39 is 0 Å². The van der Waals surface area contributed by atoms with Gasteiger partial charge in [0.2, 0.25) is 0 Å². The summed E-state index contributed by atoms with van der Waals surface area (Å²) >= 11 is 0. The molecule has 3 rings (SSSR count). The molecule has 0 amide bonds. The van der Waals surface area contributed by atoms with Gasteiger partial charge in [-0.1, -0.05) is 0 Å². The fourth-order valence-electron chi connectivity index (χ4n) is 2.87. The Labute approximate surface area is 138 Å². The standard InChI is InChI=1S/C17H21N3O.ClH/c1-4-21-14-10-8-13(9-11-14)20(3)17-15-6-5-7-16(15)18-12(2)19-17;/h8-11H,4-7H2,1-3H3;1H. The maximum Gasteiger partial charge on any atom is 0.139 e. The third kappa shape index (κ3) is 3.17. The molecule has 4 nitrogen and oxygen atoms in total. The molecule has 1 aliphatic rings. The SMILES string of the molecule is CCOc1ccc(N(C)c2nc(C)nc3c2CCC3)cc1.Cl. The largest absolute Gasteiger partial charge is 0.494 e. The zero-order valence-corrected chi connectivity index (χ0v) is 14.1. The Morgan fingerprint density at radius 1 is 1.14 bits per heavy atom. The minimum atomic E-state index is 0. The number of fused-ring (bicyclic) bond motifs is 1. The first kappa shape index (κ1) is 16.6. The van der Waals surface area contributed by atoms with E-state index in [2.05, 4.69) is 34.0 Å². The monoisotopic (exact) mass is 319 g/mol. The van der Waals surface area contributed by atoms with Crippen LogP contribution < -0.4 is 9.64 Å². The van der Waals surface area contributed by atoms with Crippen LogP contribution in [0.5, 0.6) is 5.75 Å². The number of hydrogen-bond donors (Lipinski definition) is 0. The van der Waals surface area contributed by atoms with Crippen molar-refractivity contribution in [1.29, 1.82) is 0 Å². The molecule has 1 aromatic heterocycles. The highest BCUT2D eigenvalue weighted by Crippen LogP contribution is 2.32. The number of anilines is 2. The average molecular weight is 320 g/mol. The average Bonchev–Trinajstić information content (AvgIpc) is 2.95. The molecule has 0 saturated carbocycles. The molecule has 118 valence electrons. The second-order valence-electron chi connectivity index (χ2n) is 5.36. The molecule has 0 bridgehead atoms. The molecule has 0 saturated heterocycles. The van der Waals surface area contributed by atoms with Crippen molar-refractivity contribution >= 4 is 23.9 Å². The highest BCUT2D eigenvalue weighted by atomic mass is 35.5. The lowest BCUT2D eigenvalue weighted by molar-refractivity contribution is 0.340. The van der Waals surface area contributed by atoms with Gasteiger partial charge in [0, 0.05) is 24.0 Å². The van der Waals surface area contributed by atoms with E-state index in [1.807, 2.05) is 26.0 Å². The zero-order chi connectivity index (χ0) is 14.8. The van der Waals surface area contributed by atoms with Crippen LogP contribution in [0.15, 0.2) is 24.3 Å². The summed E-state index contributed by atoms with van der Waals surface area (Å²) in [5, 5.41) is 0. The van der Waals surface area contributed by atoms with E-state index in [0.717, 1.165) is 35.9 Å². The highest BCUT2D eigenvalue weighted by Gasteiger charge is 2.21. The van der Waals surface area contributed by atoms with Crippen LogP contribution in [0.2, 0.25) is 0 Å². The molecule has 0 spiro atoms. The lowest BCUT2D eigenvalue weighted by Gasteiger charge is -2.21. The zero-order valence-electron chi connectivity index (χ0n) is 13.3. The van der Waals surface area contributed by atoms with Crippen LogP contribution in [0.4, 0.5) is 11.5 Å². The van der Waals surface area contributed by atoms with E-state index in [4.69, 9.17) is 4.74 Å². The third-order valence-electron chi connectivity index (χ3n) is 3.88. The van der Waals surface area contributed by atoms with E-state index in [-0.39, 0.29) is 12.4 Å². The van der Waals surface area contributed by atoms with Crippen molar-refractivity contribution in [3.05, 3.63) is 41.3 Å². The number of benzene rings is 1. The Kier molecular flexibility index (Phi) is 5.24. The molecule has 0 radical (unpaired) electrons. The Morgan fingerprint density at radius 2 is 1.86 bits per heavy atom. The van der Waals surface area contributed by atoms with Crippen molar-refractivity contribution in [2.24, 2.45) is 0 Å². The summed E-state index contributed by atoms with van der Waals surface area (Å²) in [4.78, 5) is 11.4. The Balaban J connectivity index is 0.00000176. The van der Waals surface area contributed by atoms with Crippen LogP contribution in [-0.2, 0) is 12.8 Å². The van der Waals surface area contributed by atoms with Crippen molar-refractivity contribution in [2.75, 3.05) is 18.6 Å². The third-order valence-corrected chi connectivity index (χ3v) is 3.88. The first-order chi connectivity index (χ1) is 10.2. The second kappa shape index (κ2) is 6.97. The molecule has 0 atom stereocenters. The summed E-state index contributed by atoms with van der Waals surface area (Å²) in [5.74, 6) is 2.79. The minimum absolute atomic E-state index is 0. The summed E-state index contributed by atoms with van der Waals surface area (Å²) < 4.78 is 5.50. The molecule has 5 heteroatoms. The summed E-state index contributed by atoms with van der Waals surface area (Å²) in [6.45, 7) is 4.65. The van der Waals surface area contributed by atoms with Crippen LogP contribution in [0.3, 0.4) is 0 Å². The molecular weight excluding hydrogens is 298 g/mol. The van der Waals surface area contributed by atoms with Gasteiger partial charge in [0.05, 0.1) is 6.61 Å². The molecule has 0 N–H and O–H groups in total. The summed E-state index contributed by atoms with van der Waals surface area (Å²) in [5.41, 5.74) is 3.64. The topological polar surface area (TPSA) is 38.2 Å². The van der Waals surface area contributed by atoms with Crippen LogP contribution in [0, 0.1) is 6.92 Å². The fourth-order valence-corrected chi connectivity index (χ4v) is 2.87. The number of halogens is 1. The normalized spacial score (nSPS) is 12.5. The molecule has 0 aliphatic heterocycles. The van der Waals surface area contributed by atoms with Crippen LogP contribution >= 0.6 is 12.4 Å². The van der Waals surface area contributed by atoms with E-state index >= 15 is 0 Å². The molecule has 1 heterocycles. The molecule has 0 fully saturated rings. The molecule has 22 heavy (non-hydrogen) atoms. The number of hydrogen-bond acceptors (Lipinski definition) is 4. The maximum absolute atomic E-state index is 5.50. The Bertz CT molecular complexity index is 643. The number of nitrogens with zero attached hydrogens (tertiary/aromatic N) is 3. The van der Waals surface area contributed by atoms with Crippen molar-refractivity contribution in [3.63, 3.8) is 0 Å². The van der Waals surface area contributed by atoms with Crippen molar-refractivity contribution in [1.82, 2.24) is 9.97 Å². The Hall–Kier alpha value is -1.81. The van der Waals surface area contributed by atoms with Gasteiger partial charge in [-0.15, -0.1) is 12.4 Å². The van der Waals surface area contributed by atoms with Crippen molar-refractivity contribution in [3.8, 4) is 5.75 Å². The quantitative estimate of drug-likeness (QED) is 0.857. The first-order valence-corrected chi connectivity index (χ1v) is 7.52. The minimum Gasteiger partial charge on any atom is -0.494 e. The number of aromatic nitrogens is 2. The van der Waals surface area contributed by atoms with Crippen molar-refractivity contribution < 1.29 is 4.74 Å². The Morgan fingerprint density at radius 3 is 2.55 bits per heavy atom. The van der Waals surface area contributed by atoms with Crippen LogP contribution in [0.25, 0.3) is 0 Å². The van der Waals surface area contributed by atoms with E-state index in [1.165, 1.54) is 17.7 Å². The highest BCUT2D eigenvalue weighted by molar-refractivity contribution is 5.85. The van der Waals surface area contributed by atoms with Gasteiger partial charge in [-0.3, -0.25) is 0 Å². The van der Waals surface area contributed by atoms with Crippen LogP contribution in [-0.4, -0.2) is 23.6 Å². The van der Waals surface area contributed by atoms with Gasteiger partial charge in [0.1, 0.15) is 17.4 Å². The molecule has 1 aliphatic carbocycles. The fraction of sp³-hybridized carbons (Fsp3) is 0.412. The van der Waals surface area contributed by atoms with E-state index in [9.17, 15) is 0 Å². The van der Waals surface area contributed by atoms with Crippen molar-refractivity contribution in [2.45, 2.75) is 33.1 Å². The molecule has 0 unspecified atom stereocenters. The molecular formula is C17H22ClN3O. The maximum atomic E-state index is 5.50. The van der Waals surface area contributed by atoms with Gasteiger partial charge in [-0.25, -0.2) is 9.97 Å².